The molecule has 0 unspecified atom stereocenters. The third-order valence-corrected chi connectivity index (χ3v) is 7.33. The molecule has 4 heterocycles. The Morgan fingerprint density at radius 1 is 1.22 bits per heavy atom. The maximum atomic E-state index is 14.2. The predicted octanol–water partition coefficient (Wildman–Crippen LogP) is 4.71. The summed E-state index contributed by atoms with van der Waals surface area (Å²) >= 11 is 8.06. The maximum Gasteiger partial charge on any atom is 0.317 e. The lowest BCUT2D eigenvalue weighted by Gasteiger charge is -2.14. The van der Waals surface area contributed by atoms with Crippen LogP contribution in [0.3, 0.4) is 0 Å². The van der Waals surface area contributed by atoms with E-state index in [9.17, 15) is 9.18 Å². The molecular weight excluding hydrogens is 501 g/mol. The number of aromatic nitrogens is 3. The van der Waals surface area contributed by atoms with E-state index in [1.165, 1.54) is 6.07 Å². The van der Waals surface area contributed by atoms with Crippen molar-refractivity contribution in [3.8, 4) is 21.7 Å². The molecule has 0 atom stereocenters. The van der Waals surface area contributed by atoms with Gasteiger partial charge in [0.1, 0.15) is 5.69 Å². The molecule has 1 fully saturated rings. The van der Waals surface area contributed by atoms with Crippen LogP contribution in [0.5, 0.6) is 0 Å². The summed E-state index contributed by atoms with van der Waals surface area (Å²) in [6, 6.07) is 9.47. The summed E-state index contributed by atoms with van der Waals surface area (Å²) in [4.78, 5) is 29.2. The van der Waals surface area contributed by atoms with Gasteiger partial charge in [0.15, 0.2) is 0 Å². The number of amides is 2. The van der Waals surface area contributed by atoms with Crippen LogP contribution in [0, 0.1) is 5.95 Å². The summed E-state index contributed by atoms with van der Waals surface area (Å²) in [6.07, 6.45) is 3.18. The van der Waals surface area contributed by atoms with Crippen molar-refractivity contribution in [3.63, 3.8) is 0 Å². The normalized spacial score (nSPS) is 13.6. The van der Waals surface area contributed by atoms with Gasteiger partial charge in [-0.25, -0.2) is 19.7 Å². The van der Waals surface area contributed by atoms with Crippen LogP contribution in [0.4, 0.5) is 15.1 Å². The minimum Gasteiger partial charge on any atom is -0.352 e. The molecule has 36 heavy (non-hydrogen) atoms. The summed E-state index contributed by atoms with van der Waals surface area (Å²) in [5.41, 5.74) is 3.32. The van der Waals surface area contributed by atoms with Gasteiger partial charge >= 0.3 is 6.03 Å². The largest absolute Gasteiger partial charge is 0.352 e. The van der Waals surface area contributed by atoms with Gasteiger partial charge in [-0.1, -0.05) is 29.8 Å². The summed E-state index contributed by atoms with van der Waals surface area (Å²) in [5, 5.41) is 7.43. The van der Waals surface area contributed by atoms with Gasteiger partial charge in [0.05, 0.1) is 16.1 Å². The Kier molecular flexibility index (Phi) is 6.99. The number of anilines is 1. The van der Waals surface area contributed by atoms with Crippen LogP contribution in [0.25, 0.3) is 31.8 Å². The van der Waals surface area contributed by atoms with E-state index < -0.39 is 5.95 Å². The van der Waals surface area contributed by atoms with Crippen LogP contribution in [-0.4, -0.2) is 71.1 Å². The first-order chi connectivity index (χ1) is 17.4. The molecule has 11 heteroatoms. The van der Waals surface area contributed by atoms with Crippen LogP contribution in [0.2, 0.25) is 5.02 Å². The van der Waals surface area contributed by atoms with Crippen LogP contribution in [0.15, 0.2) is 42.7 Å². The van der Waals surface area contributed by atoms with Gasteiger partial charge in [0.2, 0.25) is 11.9 Å². The van der Waals surface area contributed by atoms with Crippen molar-refractivity contribution in [2.24, 2.45) is 0 Å². The SMILES string of the molecule is CN(C)Cc1cnc(F)cc1-c1cccc2cc(-c3nc(NCCN4CCNC4=O)ncc3Cl)sc12. The van der Waals surface area contributed by atoms with Crippen LogP contribution in [0.1, 0.15) is 5.56 Å². The first-order valence-corrected chi connectivity index (χ1v) is 12.7. The fourth-order valence-electron chi connectivity index (χ4n) is 4.22. The van der Waals surface area contributed by atoms with E-state index in [1.54, 1.807) is 28.6 Å². The van der Waals surface area contributed by atoms with Gasteiger partial charge in [-0.2, -0.15) is 4.39 Å². The molecule has 1 saturated heterocycles. The number of carbonyl (C=O) groups is 1. The number of nitrogens with one attached hydrogen (secondary N) is 2. The Bertz CT molecular complexity index is 1430. The zero-order valence-corrected chi connectivity index (χ0v) is 21.5. The van der Waals surface area contributed by atoms with Crippen LogP contribution < -0.4 is 10.6 Å². The molecule has 0 bridgehead atoms. The lowest BCUT2D eigenvalue weighted by Crippen LogP contribution is -2.32. The lowest BCUT2D eigenvalue weighted by molar-refractivity contribution is 0.219. The molecule has 0 saturated carbocycles. The molecule has 1 aliphatic rings. The van der Waals surface area contributed by atoms with E-state index >= 15 is 0 Å². The molecule has 1 aliphatic heterocycles. The molecule has 0 radical (unpaired) electrons. The quantitative estimate of drug-likeness (QED) is 0.324. The van der Waals surface area contributed by atoms with E-state index in [0.29, 0.717) is 49.4 Å². The zero-order chi connectivity index (χ0) is 25.2. The Morgan fingerprint density at radius 2 is 2.08 bits per heavy atom. The third kappa shape index (κ3) is 5.11. The van der Waals surface area contributed by atoms with Crippen LogP contribution >= 0.6 is 22.9 Å². The summed E-state index contributed by atoms with van der Waals surface area (Å²) in [7, 11) is 3.94. The summed E-state index contributed by atoms with van der Waals surface area (Å²) < 4.78 is 15.2. The fourth-order valence-corrected chi connectivity index (χ4v) is 5.66. The molecule has 5 rings (SSSR count). The number of carbonyl (C=O) groups excluding carboxylic acids is 1. The number of nitrogens with zero attached hydrogens (tertiary/aromatic N) is 5. The van der Waals surface area contributed by atoms with E-state index in [2.05, 4.69) is 25.6 Å². The minimum absolute atomic E-state index is 0.0570. The maximum absolute atomic E-state index is 14.2. The van der Waals surface area contributed by atoms with Gasteiger partial charge in [-0.05, 0) is 36.7 Å². The molecule has 2 N–H and O–H groups in total. The predicted molar refractivity (Wildman–Crippen MR) is 142 cm³/mol. The van der Waals surface area contributed by atoms with Gasteiger partial charge in [-0.15, -0.1) is 11.3 Å². The first kappa shape index (κ1) is 24.4. The lowest BCUT2D eigenvalue weighted by atomic mass is 10.00. The highest BCUT2D eigenvalue weighted by Crippen LogP contribution is 2.41. The zero-order valence-electron chi connectivity index (χ0n) is 19.9. The fraction of sp³-hybridized carbons (Fsp3) is 0.280. The van der Waals surface area contributed by atoms with Crippen molar-refractivity contribution in [2.75, 3.05) is 45.6 Å². The second-order valence-electron chi connectivity index (χ2n) is 8.77. The molecular formula is C25H25ClFN7OS. The average Bonchev–Trinajstić information content (AvgIpc) is 3.47. The number of pyridine rings is 1. The number of rotatable bonds is 8. The molecule has 3 aromatic heterocycles. The summed E-state index contributed by atoms with van der Waals surface area (Å²) in [6.45, 7) is 3.07. The first-order valence-electron chi connectivity index (χ1n) is 11.5. The Labute approximate surface area is 217 Å². The molecule has 4 aromatic rings. The minimum atomic E-state index is -0.512. The van der Waals surface area contributed by atoms with Crippen LogP contribution in [-0.2, 0) is 6.54 Å². The number of thiophene rings is 1. The number of benzene rings is 1. The Hall–Kier alpha value is -3.34. The molecule has 1 aromatic carbocycles. The van der Waals surface area contributed by atoms with Gasteiger partial charge in [-0.3, -0.25) is 0 Å². The van der Waals surface area contributed by atoms with E-state index in [4.69, 9.17) is 11.6 Å². The number of halogens is 2. The highest BCUT2D eigenvalue weighted by atomic mass is 35.5. The Balaban J connectivity index is 1.46. The Morgan fingerprint density at radius 3 is 2.86 bits per heavy atom. The van der Waals surface area contributed by atoms with E-state index in [-0.39, 0.29) is 6.03 Å². The molecule has 8 nitrogen and oxygen atoms in total. The molecule has 0 spiro atoms. The highest BCUT2D eigenvalue weighted by Gasteiger charge is 2.19. The average molecular weight is 526 g/mol. The summed E-state index contributed by atoms with van der Waals surface area (Å²) in [5.74, 6) is -0.0709. The molecule has 2 amide bonds. The van der Waals surface area contributed by atoms with Crippen molar-refractivity contribution in [3.05, 3.63) is 59.3 Å². The molecule has 186 valence electrons. The second-order valence-corrected chi connectivity index (χ2v) is 10.2. The van der Waals surface area contributed by atoms with E-state index in [0.717, 1.165) is 31.7 Å². The number of hydrogen-bond donors (Lipinski definition) is 2. The van der Waals surface area contributed by atoms with Crippen molar-refractivity contribution >= 4 is 45.0 Å². The number of hydrogen-bond acceptors (Lipinski definition) is 7. The van der Waals surface area contributed by atoms with Gasteiger partial charge < -0.3 is 20.4 Å². The number of fused-ring (bicyclic) bond motifs is 1. The molecule has 0 aliphatic carbocycles. The van der Waals surface area contributed by atoms with Gasteiger partial charge in [0, 0.05) is 55.3 Å². The topological polar surface area (TPSA) is 86.3 Å². The number of urea groups is 1. The van der Waals surface area contributed by atoms with Crippen molar-refractivity contribution < 1.29 is 9.18 Å². The van der Waals surface area contributed by atoms with Gasteiger partial charge in [0.25, 0.3) is 0 Å². The standard InChI is InChI=1S/C25H25ClFN7OS/c1-33(2)14-16-12-30-21(27)11-18(16)17-5-3-4-15-10-20(36-23(15)17)22-19(26)13-31-24(32-22)28-6-8-34-9-7-29-25(34)35/h3-5,10-13H,6-9,14H2,1-2H3,(H,29,35)(H,28,31,32). The third-order valence-electron chi connectivity index (χ3n) is 5.86. The monoisotopic (exact) mass is 525 g/mol. The van der Waals surface area contributed by atoms with Crippen molar-refractivity contribution in [1.82, 2.24) is 30.1 Å². The highest BCUT2D eigenvalue weighted by molar-refractivity contribution is 7.22. The second kappa shape index (κ2) is 10.3. The van der Waals surface area contributed by atoms with Crippen molar-refractivity contribution in [1.29, 1.82) is 0 Å². The van der Waals surface area contributed by atoms with E-state index in [1.807, 2.05) is 43.3 Å². The van der Waals surface area contributed by atoms with Crippen molar-refractivity contribution in [2.45, 2.75) is 6.54 Å². The smallest absolute Gasteiger partial charge is 0.317 e.